The van der Waals surface area contributed by atoms with Crippen LogP contribution in [-0.2, 0) is 0 Å². The van der Waals surface area contributed by atoms with Crippen molar-refractivity contribution in [2.45, 2.75) is 13.8 Å². The van der Waals surface area contributed by atoms with E-state index in [4.69, 9.17) is 0 Å². The molecule has 3 heterocycles. The smallest absolute Gasteiger partial charge is 0.326 e. The zero-order valence-electron chi connectivity index (χ0n) is 15.5. The van der Waals surface area contributed by atoms with Gasteiger partial charge in [0.1, 0.15) is 16.6 Å². The van der Waals surface area contributed by atoms with Gasteiger partial charge in [-0.1, -0.05) is 0 Å². The van der Waals surface area contributed by atoms with Crippen LogP contribution < -0.4 is 10.6 Å². The highest BCUT2D eigenvalue weighted by molar-refractivity contribution is 7.13. The minimum Gasteiger partial charge on any atom is -0.339 e. The van der Waals surface area contributed by atoms with E-state index < -0.39 is 6.03 Å². The van der Waals surface area contributed by atoms with Gasteiger partial charge in [0, 0.05) is 48.2 Å². The zero-order chi connectivity index (χ0) is 19.9. The fraction of sp³-hybridized carbons (Fsp3) is 0.211. The Labute approximate surface area is 166 Å². The van der Waals surface area contributed by atoms with E-state index >= 15 is 0 Å². The Morgan fingerprint density at radius 1 is 1.04 bits per heavy atom. The molecule has 0 unspecified atom stereocenters. The number of nitrogens with one attached hydrogen (secondary N) is 2. The van der Waals surface area contributed by atoms with Crippen LogP contribution in [0.5, 0.6) is 0 Å². The van der Waals surface area contributed by atoms with E-state index in [0.717, 1.165) is 10.6 Å². The summed E-state index contributed by atoms with van der Waals surface area (Å²) >= 11 is 1.42. The summed E-state index contributed by atoms with van der Waals surface area (Å²) < 4.78 is 0. The molecule has 0 bridgehead atoms. The molecule has 0 saturated heterocycles. The highest BCUT2D eigenvalue weighted by Gasteiger charge is 2.14. The third-order valence-electron chi connectivity index (χ3n) is 3.97. The van der Waals surface area contributed by atoms with Gasteiger partial charge in [0.15, 0.2) is 0 Å². The number of hydrogen-bond acceptors (Lipinski definition) is 6. The van der Waals surface area contributed by atoms with Crippen molar-refractivity contribution in [1.82, 2.24) is 19.9 Å². The Hall–Kier alpha value is -3.33. The average Bonchev–Trinajstić information content (AvgIpc) is 3.18. The van der Waals surface area contributed by atoms with Gasteiger partial charge in [0.25, 0.3) is 5.91 Å². The Balaban J connectivity index is 1.65. The van der Waals surface area contributed by atoms with Crippen LogP contribution >= 0.6 is 11.3 Å². The van der Waals surface area contributed by atoms with Gasteiger partial charge < -0.3 is 4.90 Å². The predicted octanol–water partition coefficient (Wildman–Crippen LogP) is 3.73. The van der Waals surface area contributed by atoms with Crippen LogP contribution in [0.15, 0.2) is 48.2 Å². The summed E-state index contributed by atoms with van der Waals surface area (Å²) in [6, 6.07) is 6.41. The quantitative estimate of drug-likeness (QED) is 0.661. The molecule has 144 valence electrons. The van der Waals surface area contributed by atoms with E-state index in [9.17, 15) is 9.59 Å². The molecule has 0 saturated carbocycles. The van der Waals surface area contributed by atoms with Crippen molar-refractivity contribution in [2.75, 3.05) is 23.7 Å². The van der Waals surface area contributed by atoms with Crippen LogP contribution in [0.1, 0.15) is 24.2 Å². The molecule has 0 aliphatic rings. The molecule has 0 fully saturated rings. The van der Waals surface area contributed by atoms with E-state index in [-0.39, 0.29) is 5.91 Å². The molecule has 0 aromatic carbocycles. The molecule has 3 rings (SSSR count). The average molecular weight is 396 g/mol. The number of aromatic nitrogens is 3. The minimum absolute atomic E-state index is 0.0997. The molecule has 3 aromatic heterocycles. The van der Waals surface area contributed by atoms with E-state index in [2.05, 4.69) is 25.6 Å². The van der Waals surface area contributed by atoms with Crippen LogP contribution in [-0.4, -0.2) is 44.9 Å². The Kier molecular flexibility index (Phi) is 6.28. The van der Waals surface area contributed by atoms with Gasteiger partial charge in [0.2, 0.25) is 0 Å². The second kappa shape index (κ2) is 9.05. The van der Waals surface area contributed by atoms with Crippen molar-refractivity contribution in [2.24, 2.45) is 0 Å². The standard InChI is InChI=1S/C19H20N6O2S/c1-3-25(4-2)18(26)14-7-10-21-15(11-14)23-19(27)24-16-12-28-17(22-16)13-5-8-20-9-6-13/h5-12H,3-4H2,1-2H3,(H2,21,23,24,27). The van der Waals surface area contributed by atoms with E-state index in [1.54, 1.807) is 34.8 Å². The third kappa shape index (κ3) is 4.68. The molecule has 9 heteroatoms. The summed E-state index contributed by atoms with van der Waals surface area (Å²) in [5, 5.41) is 7.84. The fourth-order valence-corrected chi connectivity index (χ4v) is 3.31. The lowest BCUT2D eigenvalue weighted by Gasteiger charge is -2.18. The molecule has 0 radical (unpaired) electrons. The first-order chi connectivity index (χ1) is 13.6. The van der Waals surface area contributed by atoms with Gasteiger partial charge in [0.05, 0.1) is 0 Å². The third-order valence-corrected chi connectivity index (χ3v) is 4.86. The molecule has 0 spiro atoms. The SMILES string of the molecule is CCN(CC)C(=O)c1ccnc(NC(=O)Nc2csc(-c3ccncc3)n2)c1. The first-order valence-corrected chi connectivity index (χ1v) is 9.68. The summed E-state index contributed by atoms with van der Waals surface area (Å²) in [7, 11) is 0. The molecule has 0 aliphatic heterocycles. The highest BCUT2D eigenvalue weighted by Crippen LogP contribution is 2.25. The van der Waals surface area contributed by atoms with E-state index in [1.165, 1.54) is 17.5 Å². The summed E-state index contributed by atoms with van der Waals surface area (Å²) in [4.78, 5) is 38.9. The van der Waals surface area contributed by atoms with Crippen LogP contribution in [0, 0.1) is 0 Å². The van der Waals surface area contributed by atoms with Crippen molar-refractivity contribution >= 4 is 34.9 Å². The van der Waals surface area contributed by atoms with Crippen molar-refractivity contribution in [3.63, 3.8) is 0 Å². The van der Waals surface area contributed by atoms with Gasteiger partial charge in [-0.05, 0) is 38.1 Å². The molecular formula is C19H20N6O2S. The number of pyridine rings is 2. The highest BCUT2D eigenvalue weighted by atomic mass is 32.1. The maximum Gasteiger partial charge on any atom is 0.326 e. The second-order valence-electron chi connectivity index (χ2n) is 5.76. The van der Waals surface area contributed by atoms with Crippen LogP contribution in [0.3, 0.4) is 0 Å². The number of anilines is 2. The van der Waals surface area contributed by atoms with Crippen molar-refractivity contribution < 1.29 is 9.59 Å². The maximum atomic E-state index is 12.4. The van der Waals surface area contributed by atoms with Gasteiger partial charge >= 0.3 is 6.03 Å². The number of carbonyl (C=O) groups excluding carboxylic acids is 2. The molecule has 3 amide bonds. The lowest BCUT2D eigenvalue weighted by molar-refractivity contribution is 0.0773. The molecule has 2 N–H and O–H groups in total. The zero-order valence-corrected chi connectivity index (χ0v) is 16.4. The lowest BCUT2D eigenvalue weighted by Crippen LogP contribution is -2.30. The number of carbonyl (C=O) groups is 2. The van der Waals surface area contributed by atoms with Crippen molar-refractivity contribution in [3.05, 3.63) is 53.8 Å². The van der Waals surface area contributed by atoms with Gasteiger partial charge in [-0.2, -0.15) is 0 Å². The largest absolute Gasteiger partial charge is 0.339 e. The Morgan fingerprint density at radius 3 is 2.46 bits per heavy atom. The van der Waals surface area contributed by atoms with Gasteiger partial charge in [-0.25, -0.2) is 14.8 Å². The van der Waals surface area contributed by atoms with E-state index in [0.29, 0.717) is 30.3 Å². The summed E-state index contributed by atoms with van der Waals surface area (Å²) in [5.74, 6) is 0.627. The van der Waals surface area contributed by atoms with Crippen LogP contribution in [0.25, 0.3) is 10.6 Å². The van der Waals surface area contributed by atoms with Gasteiger partial charge in [-0.15, -0.1) is 11.3 Å². The van der Waals surface area contributed by atoms with Crippen LogP contribution in [0.2, 0.25) is 0 Å². The topological polar surface area (TPSA) is 100 Å². The number of urea groups is 1. The fourth-order valence-electron chi connectivity index (χ4n) is 2.55. The summed E-state index contributed by atoms with van der Waals surface area (Å²) in [6.45, 7) is 5.07. The number of amides is 3. The molecule has 0 atom stereocenters. The molecular weight excluding hydrogens is 376 g/mol. The number of hydrogen-bond donors (Lipinski definition) is 2. The van der Waals surface area contributed by atoms with Crippen molar-refractivity contribution in [3.8, 4) is 10.6 Å². The number of rotatable bonds is 6. The maximum absolute atomic E-state index is 12.4. The number of thiazole rings is 1. The van der Waals surface area contributed by atoms with E-state index in [1.807, 2.05) is 26.0 Å². The normalized spacial score (nSPS) is 10.4. The summed E-state index contributed by atoms with van der Waals surface area (Å²) in [5.41, 5.74) is 1.40. The number of nitrogens with zero attached hydrogens (tertiary/aromatic N) is 4. The van der Waals surface area contributed by atoms with Crippen LogP contribution in [0.4, 0.5) is 16.4 Å². The minimum atomic E-state index is -0.480. The lowest BCUT2D eigenvalue weighted by atomic mass is 10.2. The first kappa shape index (κ1) is 19.4. The Morgan fingerprint density at radius 2 is 1.75 bits per heavy atom. The molecule has 3 aromatic rings. The predicted molar refractivity (Wildman–Crippen MR) is 109 cm³/mol. The second-order valence-corrected chi connectivity index (χ2v) is 6.62. The van der Waals surface area contributed by atoms with Gasteiger partial charge in [-0.3, -0.25) is 20.4 Å². The molecule has 28 heavy (non-hydrogen) atoms. The molecule has 8 nitrogen and oxygen atoms in total. The monoisotopic (exact) mass is 396 g/mol. The Bertz CT molecular complexity index is 956. The molecule has 0 aliphatic carbocycles. The summed E-state index contributed by atoms with van der Waals surface area (Å²) in [6.07, 6.45) is 4.88. The first-order valence-electron chi connectivity index (χ1n) is 8.80. The van der Waals surface area contributed by atoms with Crippen molar-refractivity contribution in [1.29, 1.82) is 0 Å².